The highest BCUT2D eigenvalue weighted by Crippen LogP contribution is 1.65. The minimum Gasteiger partial charge on any atom is -0.474 e. The fourth-order valence-electron chi connectivity index (χ4n) is 0.0417. The zero-order chi connectivity index (χ0) is 6.57. The number of hydrogen-bond acceptors (Lipinski definition) is 1. The average molecular weight is 73.1 g/mol. The molecule has 0 radical (unpaired) electrons. The fraction of sp³-hybridized carbons (Fsp3) is 0. The van der Waals surface area contributed by atoms with Gasteiger partial charge >= 0.3 is 0 Å². The second-order valence-corrected chi connectivity index (χ2v) is 0.387. The molecular formula is C4H6O. The van der Waals surface area contributed by atoms with Gasteiger partial charge in [-0.3, -0.25) is 0 Å². The van der Waals surface area contributed by atoms with Crippen molar-refractivity contribution in [2.75, 3.05) is 0 Å². The van der Waals surface area contributed by atoms with Crippen molar-refractivity contribution in [2.24, 2.45) is 0 Å². The lowest BCUT2D eigenvalue weighted by molar-refractivity contribution is 0.406. The van der Waals surface area contributed by atoms with Crippen LogP contribution in [0.1, 0.15) is 4.11 Å². The predicted molar refractivity (Wildman–Crippen MR) is 21.5 cm³/mol. The molecule has 0 aromatic carbocycles. The summed E-state index contributed by atoms with van der Waals surface area (Å²) in [5, 5.41) is 0. The molecule has 0 aliphatic rings. The molecule has 0 saturated heterocycles. The molecule has 0 unspecified atom stereocenters. The number of hydrogen-bond donors (Lipinski definition) is 0. The topological polar surface area (TPSA) is 9.23 Å². The summed E-state index contributed by atoms with van der Waals surface area (Å²) < 4.78 is 23.8. The summed E-state index contributed by atoms with van der Waals surface area (Å²) in [6.45, 7) is 2.49. The van der Waals surface area contributed by atoms with E-state index in [1.54, 1.807) is 0 Å². The number of rotatable bonds is 2. The molecule has 0 bridgehead atoms. The molecule has 0 spiro atoms. The van der Waals surface area contributed by atoms with E-state index in [0.29, 0.717) is 0 Å². The Labute approximate surface area is 35.8 Å². The third-order valence-electron chi connectivity index (χ3n) is 0.142. The van der Waals surface area contributed by atoms with Crippen molar-refractivity contribution in [3.8, 4) is 0 Å². The third-order valence-corrected chi connectivity index (χ3v) is 0.142. The molecule has 1 nitrogen and oxygen atoms in total. The minimum atomic E-state index is -0.648. The van der Waals surface area contributed by atoms with Gasteiger partial charge in [-0.25, -0.2) is 0 Å². The van der Waals surface area contributed by atoms with E-state index in [1.165, 1.54) is 0 Å². The van der Waals surface area contributed by atoms with Crippen LogP contribution in [0.3, 0.4) is 0 Å². The molecule has 0 saturated carbocycles. The van der Waals surface area contributed by atoms with Crippen molar-refractivity contribution >= 4 is 0 Å². The second kappa shape index (κ2) is 3.28. The summed E-state index contributed by atoms with van der Waals surface area (Å²) >= 11 is 0. The Morgan fingerprint density at radius 2 is 3.00 bits per heavy atom. The summed E-state index contributed by atoms with van der Waals surface area (Å²) in [5.41, 5.74) is 0. The van der Waals surface area contributed by atoms with E-state index < -0.39 is 12.8 Å². The molecule has 0 rings (SSSR count). The Morgan fingerprint density at radius 3 is 3.20 bits per heavy atom. The average Bonchev–Trinajstić information content (AvgIpc) is 1.67. The summed E-state index contributed by atoms with van der Waals surface area (Å²) in [7, 11) is 0. The molecule has 0 aromatic rings. The van der Waals surface area contributed by atoms with Crippen molar-refractivity contribution in [2.45, 2.75) is 0 Å². The van der Waals surface area contributed by atoms with Gasteiger partial charge in [0.15, 0.2) is 0 Å². The van der Waals surface area contributed by atoms with Crippen molar-refractivity contribution in [1.29, 1.82) is 0 Å². The largest absolute Gasteiger partial charge is 0.474 e. The third kappa shape index (κ3) is 3.28. The first-order valence-electron chi connectivity index (χ1n) is 2.60. The Hall–Kier alpha value is -0.720. The first kappa shape index (κ1) is 1.17. The van der Waals surface area contributed by atoms with Gasteiger partial charge in [0.2, 0.25) is 0 Å². The SMILES string of the molecule is [2H]C([2H])=C([2H])OC=C. The van der Waals surface area contributed by atoms with Gasteiger partial charge in [-0.15, -0.1) is 0 Å². The van der Waals surface area contributed by atoms with Crippen molar-refractivity contribution < 1.29 is 8.85 Å². The Kier molecular flexibility index (Phi) is 0.766. The lowest BCUT2D eigenvalue weighted by Gasteiger charge is -1.76. The molecule has 0 atom stereocenters. The lowest BCUT2D eigenvalue weighted by atomic mass is 11.1. The van der Waals surface area contributed by atoms with Gasteiger partial charge in [0, 0.05) is 0 Å². The maximum Gasteiger partial charge on any atom is 0.104 e. The maximum absolute atomic E-state index is 6.64. The van der Waals surface area contributed by atoms with E-state index >= 15 is 0 Å². The Bertz CT molecular complexity index is 114. The van der Waals surface area contributed by atoms with Crippen LogP contribution in [0.5, 0.6) is 0 Å². The van der Waals surface area contributed by atoms with E-state index in [-0.39, 0.29) is 0 Å². The van der Waals surface area contributed by atoms with Crippen molar-refractivity contribution in [1.82, 2.24) is 0 Å². The monoisotopic (exact) mass is 73.1 g/mol. The molecule has 28 valence electrons. The van der Waals surface area contributed by atoms with Crippen LogP contribution in [0.2, 0.25) is 0 Å². The van der Waals surface area contributed by atoms with Crippen LogP contribution in [-0.4, -0.2) is 0 Å². The van der Waals surface area contributed by atoms with Crippen LogP contribution >= 0.6 is 0 Å². The van der Waals surface area contributed by atoms with Crippen molar-refractivity contribution in [3.63, 3.8) is 0 Å². The molecular weight excluding hydrogens is 64.0 g/mol. The molecule has 1 heteroatoms. The fourth-order valence-corrected chi connectivity index (χ4v) is 0.0417. The van der Waals surface area contributed by atoms with E-state index in [2.05, 4.69) is 11.3 Å². The van der Waals surface area contributed by atoms with Gasteiger partial charge < -0.3 is 4.74 Å². The normalized spacial score (nSPS) is 13.2. The maximum atomic E-state index is 6.64. The van der Waals surface area contributed by atoms with Crippen LogP contribution < -0.4 is 0 Å². The molecule has 0 fully saturated rings. The zero-order valence-corrected chi connectivity index (χ0v) is 2.69. The van der Waals surface area contributed by atoms with E-state index in [9.17, 15) is 0 Å². The molecule has 0 heterocycles. The highest BCUT2D eigenvalue weighted by Gasteiger charge is 1.45. The summed E-state index contributed by atoms with van der Waals surface area (Å²) in [5.74, 6) is 0. The Balaban J connectivity index is 3.79. The summed E-state index contributed by atoms with van der Waals surface area (Å²) in [4.78, 5) is 0. The standard InChI is InChI=1S/C4H6O/c1-3-5-4-2/h3-4H,1-2H2/i1D2,3D. The van der Waals surface area contributed by atoms with Gasteiger partial charge in [-0.05, 0) is 0 Å². The van der Waals surface area contributed by atoms with Crippen LogP contribution in [0, 0.1) is 0 Å². The summed E-state index contributed by atoms with van der Waals surface area (Å²) in [6, 6.07) is 0. The molecule has 0 amide bonds. The quantitative estimate of drug-likeness (QED) is 0.447. The van der Waals surface area contributed by atoms with Gasteiger partial charge in [-0.1, -0.05) is 13.1 Å². The highest BCUT2D eigenvalue weighted by molar-refractivity contribution is 4.57. The van der Waals surface area contributed by atoms with E-state index in [1.807, 2.05) is 0 Å². The smallest absolute Gasteiger partial charge is 0.104 e. The van der Waals surface area contributed by atoms with Crippen LogP contribution in [0.25, 0.3) is 0 Å². The van der Waals surface area contributed by atoms with Crippen LogP contribution in [0.4, 0.5) is 0 Å². The molecule has 0 aliphatic heterocycles. The number of ether oxygens (including phenoxy) is 1. The van der Waals surface area contributed by atoms with E-state index in [0.717, 1.165) is 6.26 Å². The highest BCUT2D eigenvalue weighted by atomic mass is 16.5. The molecule has 5 heavy (non-hydrogen) atoms. The van der Waals surface area contributed by atoms with Crippen LogP contribution in [0.15, 0.2) is 25.6 Å². The van der Waals surface area contributed by atoms with Gasteiger partial charge in [0.05, 0.1) is 15.2 Å². The second-order valence-electron chi connectivity index (χ2n) is 0.387. The Morgan fingerprint density at radius 1 is 2.20 bits per heavy atom. The molecule has 0 N–H and O–H groups in total. The minimum absolute atomic E-state index is 0.486. The van der Waals surface area contributed by atoms with Gasteiger partial charge in [0.1, 0.15) is 1.37 Å². The van der Waals surface area contributed by atoms with Crippen molar-refractivity contribution in [3.05, 3.63) is 25.6 Å². The zero-order valence-electron chi connectivity index (χ0n) is 5.69. The predicted octanol–water partition coefficient (Wildman–Crippen LogP) is 1.29. The van der Waals surface area contributed by atoms with Crippen LogP contribution in [-0.2, 0) is 4.74 Å². The first-order chi connectivity index (χ1) is 3.68. The van der Waals surface area contributed by atoms with E-state index in [4.69, 9.17) is 4.11 Å². The molecule has 0 aromatic heterocycles. The lowest BCUT2D eigenvalue weighted by Crippen LogP contribution is -1.52. The molecule has 0 aliphatic carbocycles. The van der Waals surface area contributed by atoms with Gasteiger partial charge in [0.25, 0.3) is 0 Å². The van der Waals surface area contributed by atoms with Gasteiger partial charge in [-0.2, -0.15) is 0 Å². The summed E-state index contributed by atoms with van der Waals surface area (Å²) in [6.07, 6.45) is 0.519. The first-order valence-corrected chi connectivity index (χ1v) is 1.10.